The maximum absolute atomic E-state index is 13.6. The van der Waals surface area contributed by atoms with E-state index in [9.17, 15) is 14.3 Å². The second-order valence-electron chi connectivity index (χ2n) is 4.87. The molecular weight excluding hydrogens is 303 g/mol. The molecule has 1 aromatic heterocycles. The molecule has 7 heteroatoms. The van der Waals surface area contributed by atoms with Gasteiger partial charge >= 0.3 is 5.97 Å². The Balaban J connectivity index is 2.20. The summed E-state index contributed by atoms with van der Waals surface area (Å²) in [7, 11) is 0. The van der Waals surface area contributed by atoms with Crippen molar-refractivity contribution in [3.05, 3.63) is 53.5 Å². The Morgan fingerprint density at radius 1 is 1.39 bits per heavy atom. The van der Waals surface area contributed by atoms with Crippen LogP contribution in [0, 0.1) is 12.7 Å². The predicted molar refractivity (Wildman–Crippen MR) is 82.0 cm³/mol. The summed E-state index contributed by atoms with van der Waals surface area (Å²) in [6, 6.07) is 7.60. The minimum absolute atomic E-state index is 0.140. The summed E-state index contributed by atoms with van der Waals surface area (Å²) < 4.78 is 18.5. The Kier molecular flexibility index (Phi) is 5.61. The lowest BCUT2D eigenvalue weighted by atomic mass is 10.1. The highest BCUT2D eigenvalue weighted by atomic mass is 19.1. The Morgan fingerprint density at radius 3 is 2.91 bits per heavy atom. The largest absolute Gasteiger partial charge is 0.459 e. The molecule has 1 atom stereocenters. The molecule has 1 aromatic carbocycles. The first-order valence-electron chi connectivity index (χ1n) is 6.96. The second kappa shape index (κ2) is 7.66. The Morgan fingerprint density at radius 2 is 2.17 bits per heavy atom. The number of carbonyl (C=O) groups excluding carboxylic acids is 1. The van der Waals surface area contributed by atoms with Crippen LogP contribution in [0.1, 0.15) is 15.9 Å². The van der Waals surface area contributed by atoms with Crippen LogP contribution in [0.25, 0.3) is 0 Å². The van der Waals surface area contributed by atoms with Crippen molar-refractivity contribution in [1.29, 1.82) is 0 Å². The highest BCUT2D eigenvalue weighted by Crippen LogP contribution is 2.23. The molecule has 0 saturated heterocycles. The van der Waals surface area contributed by atoms with Gasteiger partial charge < -0.3 is 20.3 Å². The fraction of sp³-hybridized carbons (Fsp3) is 0.250. The topological polar surface area (TPSA) is 91.7 Å². The van der Waals surface area contributed by atoms with Gasteiger partial charge in [-0.3, -0.25) is 0 Å². The average Bonchev–Trinajstić information content (AvgIpc) is 2.57. The van der Waals surface area contributed by atoms with E-state index in [1.54, 1.807) is 25.1 Å². The van der Waals surface area contributed by atoms with Crippen molar-refractivity contribution >= 4 is 17.5 Å². The summed E-state index contributed by atoms with van der Waals surface area (Å²) in [4.78, 5) is 16.1. The van der Waals surface area contributed by atoms with E-state index in [1.165, 1.54) is 18.3 Å². The van der Waals surface area contributed by atoms with Crippen LogP contribution in [0.15, 0.2) is 36.5 Å². The fourth-order valence-electron chi connectivity index (χ4n) is 1.84. The number of aliphatic hydroxyl groups is 2. The highest BCUT2D eigenvalue weighted by molar-refractivity contribution is 5.95. The van der Waals surface area contributed by atoms with Crippen LogP contribution in [-0.4, -0.2) is 40.5 Å². The van der Waals surface area contributed by atoms with Crippen molar-refractivity contribution in [3.63, 3.8) is 0 Å². The van der Waals surface area contributed by atoms with Crippen LogP contribution in [0.4, 0.5) is 15.9 Å². The van der Waals surface area contributed by atoms with Crippen LogP contribution < -0.4 is 5.32 Å². The number of hydrogen-bond donors (Lipinski definition) is 3. The van der Waals surface area contributed by atoms with Crippen LogP contribution in [0.5, 0.6) is 0 Å². The number of hydrogen-bond acceptors (Lipinski definition) is 6. The van der Waals surface area contributed by atoms with Gasteiger partial charge in [-0.05, 0) is 31.2 Å². The molecule has 0 aliphatic rings. The minimum Gasteiger partial charge on any atom is -0.459 e. The quantitative estimate of drug-likeness (QED) is 0.703. The SMILES string of the molecule is Cc1c(F)cccc1Nc1ncccc1C(=O)OCC(O)CO. The molecule has 0 amide bonds. The van der Waals surface area contributed by atoms with Crippen LogP contribution >= 0.6 is 0 Å². The zero-order chi connectivity index (χ0) is 16.8. The third-order valence-corrected chi connectivity index (χ3v) is 3.17. The van der Waals surface area contributed by atoms with E-state index in [4.69, 9.17) is 9.84 Å². The molecule has 2 aromatic rings. The number of aliphatic hydroxyl groups excluding tert-OH is 2. The number of nitrogens with zero attached hydrogens (tertiary/aromatic N) is 1. The number of ether oxygens (including phenoxy) is 1. The lowest BCUT2D eigenvalue weighted by Crippen LogP contribution is -2.22. The number of nitrogens with one attached hydrogen (secondary N) is 1. The minimum atomic E-state index is -1.14. The first-order valence-corrected chi connectivity index (χ1v) is 6.96. The van der Waals surface area contributed by atoms with Crippen molar-refractivity contribution < 1.29 is 24.1 Å². The average molecular weight is 320 g/mol. The molecule has 1 unspecified atom stereocenters. The molecule has 0 saturated carbocycles. The Hall–Kier alpha value is -2.51. The first-order chi connectivity index (χ1) is 11.0. The maximum Gasteiger partial charge on any atom is 0.342 e. The van der Waals surface area contributed by atoms with Crippen molar-refractivity contribution in [2.24, 2.45) is 0 Å². The van der Waals surface area contributed by atoms with E-state index < -0.39 is 18.7 Å². The smallest absolute Gasteiger partial charge is 0.342 e. The van der Waals surface area contributed by atoms with Crippen LogP contribution in [0.2, 0.25) is 0 Å². The maximum atomic E-state index is 13.6. The number of anilines is 2. The molecule has 0 aliphatic carbocycles. The van der Waals surface area contributed by atoms with E-state index in [2.05, 4.69) is 10.3 Å². The number of aromatic nitrogens is 1. The molecule has 2 rings (SSSR count). The molecule has 3 N–H and O–H groups in total. The van der Waals surface area contributed by atoms with Crippen molar-refractivity contribution in [2.45, 2.75) is 13.0 Å². The lowest BCUT2D eigenvalue weighted by Gasteiger charge is -2.13. The van der Waals surface area contributed by atoms with Gasteiger partial charge in [0.1, 0.15) is 29.9 Å². The summed E-state index contributed by atoms with van der Waals surface area (Å²) in [5.74, 6) is -0.868. The zero-order valence-corrected chi connectivity index (χ0v) is 12.5. The lowest BCUT2D eigenvalue weighted by molar-refractivity contribution is 0.00938. The molecule has 6 nitrogen and oxygen atoms in total. The molecule has 122 valence electrons. The second-order valence-corrected chi connectivity index (χ2v) is 4.87. The van der Waals surface area contributed by atoms with Gasteiger partial charge in [-0.25, -0.2) is 14.2 Å². The molecule has 23 heavy (non-hydrogen) atoms. The molecule has 0 aliphatic heterocycles. The fourth-order valence-corrected chi connectivity index (χ4v) is 1.84. The van der Waals surface area contributed by atoms with Crippen molar-refractivity contribution in [2.75, 3.05) is 18.5 Å². The first kappa shape index (κ1) is 16.9. The number of pyridine rings is 1. The summed E-state index contributed by atoms with van der Waals surface area (Å²) in [6.07, 6.45) is 0.341. The van der Waals surface area contributed by atoms with Gasteiger partial charge in [-0.15, -0.1) is 0 Å². The Labute approximate surface area is 132 Å². The van der Waals surface area contributed by atoms with E-state index in [0.29, 0.717) is 11.3 Å². The number of halogens is 1. The Bertz CT molecular complexity index is 694. The number of carbonyl (C=O) groups is 1. The van der Waals surface area contributed by atoms with E-state index in [0.717, 1.165) is 0 Å². The highest BCUT2D eigenvalue weighted by Gasteiger charge is 2.16. The van der Waals surface area contributed by atoms with E-state index >= 15 is 0 Å². The van der Waals surface area contributed by atoms with Gasteiger partial charge in [0.25, 0.3) is 0 Å². The summed E-state index contributed by atoms with van der Waals surface area (Å²) in [6.45, 7) is 0.771. The van der Waals surface area contributed by atoms with Crippen molar-refractivity contribution in [1.82, 2.24) is 4.98 Å². The zero-order valence-electron chi connectivity index (χ0n) is 12.5. The van der Waals surface area contributed by atoms with Gasteiger partial charge in [0.15, 0.2) is 0 Å². The third kappa shape index (κ3) is 4.24. The van der Waals surface area contributed by atoms with Gasteiger partial charge in [0.05, 0.1) is 6.61 Å². The summed E-state index contributed by atoms with van der Waals surface area (Å²) in [5, 5.41) is 20.8. The van der Waals surface area contributed by atoms with E-state index in [-0.39, 0.29) is 23.8 Å². The number of rotatable bonds is 6. The normalized spacial score (nSPS) is 11.8. The van der Waals surface area contributed by atoms with Gasteiger partial charge in [-0.2, -0.15) is 0 Å². The number of benzene rings is 1. The molecule has 0 spiro atoms. The molecule has 0 fully saturated rings. The molecule has 1 heterocycles. The standard InChI is InChI=1S/C16H17FN2O4/c1-10-13(17)5-2-6-14(10)19-15-12(4-3-7-18-15)16(22)23-9-11(21)8-20/h2-7,11,20-21H,8-9H2,1H3,(H,18,19). The molecular formula is C16H17FN2O4. The van der Waals surface area contributed by atoms with Gasteiger partial charge in [-0.1, -0.05) is 6.07 Å². The van der Waals surface area contributed by atoms with E-state index in [1.807, 2.05) is 0 Å². The predicted octanol–water partition coefficient (Wildman–Crippen LogP) is 1.78. The van der Waals surface area contributed by atoms with Crippen LogP contribution in [0.3, 0.4) is 0 Å². The van der Waals surface area contributed by atoms with Crippen LogP contribution in [-0.2, 0) is 4.74 Å². The monoisotopic (exact) mass is 320 g/mol. The summed E-state index contributed by atoms with van der Waals surface area (Å²) in [5.41, 5.74) is 1.02. The van der Waals surface area contributed by atoms with Gasteiger partial charge in [0.2, 0.25) is 0 Å². The molecule has 0 bridgehead atoms. The third-order valence-electron chi connectivity index (χ3n) is 3.17. The van der Waals surface area contributed by atoms with Gasteiger partial charge in [0, 0.05) is 17.4 Å². The number of esters is 1. The molecule has 0 radical (unpaired) electrons. The summed E-state index contributed by atoms with van der Waals surface area (Å²) >= 11 is 0. The van der Waals surface area contributed by atoms with Crippen molar-refractivity contribution in [3.8, 4) is 0 Å².